The van der Waals surface area contributed by atoms with E-state index >= 15 is 0 Å². The maximum atomic E-state index is 9.48. The summed E-state index contributed by atoms with van der Waals surface area (Å²) >= 11 is 0. The van der Waals surface area contributed by atoms with Crippen molar-refractivity contribution in [1.82, 2.24) is 0 Å². The van der Waals surface area contributed by atoms with Gasteiger partial charge in [0, 0.05) is 25.0 Å². The summed E-state index contributed by atoms with van der Waals surface area (Å²) in [6.07, 6.45) is -1.48. The molecule has 0 bridgehead atoms. The van der Waals surface area contributed by atoms with Crippen LogP contribution in [-0.2, 0) is 14.2 Å². The van der Waals surface area contributed by atoms with Crippen LogP contribution in [0.1, 0.15) is 13.3 Å². The molecule has 9 N–H and O–H groups in total. The topological polar surface area (TPSA) is 166 Å². The first kappa shape index (κ1) is 23.6. The zero-order valence-electron chi connectivity index (χ0n) is 14.6. The SMILES string of the molecule is CCC(COCC(O)CN)(COCC(O)CN)COCC(O)CN. The van der Waals surface area contributed by atoms with E-state index < -0.39 is 23.7 Å². The van der Waals surface area contributed by atoms with Crippen LogP contribution in [-0.4, -0.2) is 92.9 Å². The quantitative estimate of drug-likeness (QED) is 0.174. The minimum Gasteiger partial charge on any atom is -0.389 e. The van der Waals surface area contributed by atoms with Crippen molar-refractivity contribution in [2.24, 2.45) is 22.6 Å². The van der Waals surface area contributed by atoms with Crippen LogP contribution in [0.4, 0.5) is 0 Å². The van der Waals surface area contributed by atoms with Crippen LogP contribution < -0.4 is 17.2 Å². The van der Waals surface area contributed by atoms with Gasteiger partial charge < -0.3 is 46.7 Å². The summed E-state index contributed by atoms with van der Waals surface area (Å²) in [5.41, 5.74) is 15.6. The highest BCUT2D eigenvalue weighted by Gasteiger charge is 2.30. The molecule has 146 valence electrons. The average Bonchev–Trinajstić information content (AvgIpc) is 2.60. The Morgan fingerprint density at radius 1 is 0.708 bits per heavy atom. The molecule has 9 nitrogen and oxygen atoms in total. The predicted molar refractivity (Wildman–Crippen MR) is 90.4 cm³/mol. The van der Waals surface area contributed by atoms with E-state index in [1.165, 1.54) is 0 Å². The Kier molecular flexibility index (Phi) is 13.7. The van der Waals surface area contributed by atoms with E-state index in [1.807, 2.05) is 6.92 Å². The molecule has 0 saturated heterocycles. The van der Waals surface area contributed by atoms with E-state index in [0.717, 1.165) is 0 Å². The summed E-state index contributed by atoms with van der Waals surface area (Å²) in [6.45, 7) is 3.56. The molecule has 0 aromatic carbocycles. The van der Waals surface area contributed by atoms with Crippen molar-refractivity contribution in [2.75, 3.05) is 59.3 Å². The van der Waals surface area contributed by atoms with Crippen LogP contribution in [0.2, 0.25) is 0 Å². The lowest BCUT2D eigenvalue weighted by molar-refractivity contribution is -0.0982. The number of aliphatic hydroxyl groups is 3. The maximum absolute atomic E-state index is 9.48. The number of aliphatic hydroxyl groups excluding tert-OH is 3. The molecular weight excluding hydrogens is 318 g/mol. The number of hydrogen-bond donors (Lipinski definition) is 6. The molecule has 0 radical (unpaired) electrons. The molecule has 9 heteroatoms. The second-order valence-corrected chi connectivity index (χ2v) is 6.07. The van der Waals surface area contributed by atoms with Gasteiger partial charge in [-0.15, -0.1) is 0 Å². The predicted octanol–water partition coefficient (Wildman–Crippen LogP) is -2.61. The zero-order chi connectivity index (χ0) is 18.4. The van der Waals surface area contributed by atoms with Gasteiger partial charge in [-0.05, 0) is 6.42 Å². The standard InChI is InChI=1S/C15H35N3O6/c1-2-15(9-22-6-12(19)3-16,10-23-7-13(20)4-17)11-24-8-14(21)5-18/h12-14,19-21H,2-11,16-18H2,1H3. The molecule has 3 unspecified atom stereocenters. The number of nitrogens with two attached hydrogens (primary N) is 3. The second-order valence-electron chi connectivity index (χ2n) is 6.07. The molecule has 0 aliphatic carbocycles. The average molecular weight is 353 g/mol. The Hall–Kier alpha value is -0.360. The lowest BCUT2D eigenvalue weighted by Crippen LogP contribution is -2.40. The first-order valence-corrected chi connectivity index (χ1v) is 8.30. The highest BCUT2D eigenvalue weighted by Crippen LogP contribution is 2.24. The van der Waals surface area contributed by atoms with Gasteiger partial charge in [0.25, 0.3) is 0 Å². The Labute approximate surface area is 144 Å². The van der Waals surface area contributed by atoms with Gasteiger partial charge in [-0.3, -0.25) is 0 Å². The van der Waals surface area contributed by atoms with Crippen molar-refractivity contribution in [3.8, 4) is 0 Å². The van der Waals surface area contributed by atoms with Gasteiger partial charge in [0.05, 0.1) is 58.0 Å². The summed E-state index contributed by atoms with van der Waals surface area (Å²) in [7, 11) is 0. The van der Waals surface area contributed by atoms with Crippen LogP contribution in [0, 0.1) is 5.41 Å². The van der Waals surface area contributed by atoms with E-state index in [2.05, 4.69) is 0 Å². The summed E-state index contributed by atoms with van der Waals surface area (Å²) in [6, 6.07) is 0. The van der Waals surface area contributed by atoms with Gasteiger partial charge in [0.1, 0.15) is 0 Å². The van der Waals surface area contributed by atoms with Crippen molar-refractivity contribution < 1.29 is 29.5 Å². The monoisotopic (exact) mass is 353 g/mol. The third-order valence-electron chi connectivity index (χ3n) is 3.72. The van der Waals surface area contributed by atoms with E-state index in [1.54, 1.807) is 0 Å². The van der Waals surface area contributed by atoms with E-state index in [9.17, 15) is 15.3 Å². The third-order valence-corrected chi connectivity index (χ3v) is 3.72. The van der Waals surface area contributed by atoms with Gasteiger partial charge in [-0.2, -0.15) is 0 Å². The minimum atomic E-state index is -0.723. The molecule has 0 spiro atoms. The normalized spacial score (nSPS) is 18.1. The highest BCUT2D eigenvalue weighted by atomic mass is 16.5. The minimum absolute atomic E-state index is 0.120. The number of hydrogen-bond acceptors (Lipinski definition) is 9. The third kappa shape index (κ3) is 10.5. The largest absolute Gasteiger partial charge is 0.389 e. The van der Waals surface area contributed by atoms with Crippen LogP contribution in [0.3, 0.4) is 0 Å². The number of ether oxygens (including phenoxy) is 3. The summed E-state index contributed by atoms with van der Waals surface area (Å²) in [4.78, 5) is 0. The zero-order valence-corrected chi connectivity index (χ0v) is 14.6. The molecule has 3 atom stereocenters. The van der Waals surface area contributed by atoms with Crippen molar-refractivity contribution >= 4 is 0 Å². The molecule has 0 aromatic heterocycles. The molecule has 0 rings (SSSR count). The Morgan fingerprint density at radius 2 is 1.00 bits per heavy atom. The molecule has 0 fully saturated rings. The van der Waals surface area contributed by atoms with Crippen molar-refractivity contribution in [1.29, 1.82) is 0 Å². The second kappa shape index (κ2) is 13.9. The van der Waals surface area contributed by atoms with Gasteiger partial charge in [-0.25, -0.2) is 0 Å². The number of rotatable bonds is 16. The fourth-order valence-corrected chi connectivity index (χ4v) is 1.87. The molecule has 0 heterocycles. The first-order valence-electron chi connectivity index (χ1n) is 8.30. The maximum Gasteiger partial charge on any atom is 0.0895 e. The van der Waals surface area contributed by atoms with E-state index in [0.29, 0.717) is 6.42 Å². The van der Waals surface area contributed by atoms with Gasteiger partial charge >= 0.3 is 0 Å². The molecule has 0 aliphatic rings. The fourth-order valence-electron chi connectivity index (χ4n) is 1.87. The van der Waals surface area contributed by atoms with E-state index in [-0.39, 0.29) is 59.3 Å². The molecule has 0 aromatic rings. The highest BCUT2D eigenvalue weighted by molar-refractivity contribution is 4.78. The lowest BCUT2D eigenvalue weighted by Gasteiger charge is -2.33. The van der Waals surface area contributed by atoms with Crippen LogP contribution in [0.5, 0.6) is 0 Å². The van der Waals surface area contributed by atoms with Crippen LogP contribution in [0.15, 0.2) is 0 Å². The fraction of sp³-hybridized carbons (Fsp3) is 1.00. The summed E-state index contributed by atoms with van der Waals surface area (Å²) in [5, 5.41) is 28.4. The van der Waals surface area contributed by atoms with E-state index in [4.69, 9.17) is 31.4 Å². The van der Waals surface area contributed by atoms with Crippen LogP contribution >= 0.6 is 0 Å². The van der Waals surface area contributed by atoms with Crippen molar-refractivity contribution in [3.05, 3.63) is 0 Å². The van der Waals surface area contributed by atoms with Gasteiger partial charge in [0.2, 0.25) is 0 Å². The van der Waals surface area contributed by atoms with Gasteiger partial charge in [0.15, 0.2) is 0 Å². The first-order chi connectivity index (χ1) is 11.4. The van der Waals surface area contributed by atoms with Gasteiger partial charge in [-0.1, -0.05) is 6.92 Å². The molecule has 0 amide bonds. The Balaban J connectivity index is 4.54. The summed E-state index contributed by atoms with van der Waals surface area (Å²) < 4.78 is 16.6. The summed E-state index contributed by atoms with van der Waals surface area (Å²) in [5.74, 6) is 0. The molecule has 0 aliphatic heterocycles. The molecular formula is C15H35N3O6. The van der Waals surface area contributed by atoms with Crippen LogP contribution in [0.25, 0.3) is 0 Å². The Bertz CT molecular complexity index is 258. The molecule has 24 heavy (non-hydrogen) atoms. The Morgan fingerprint density at radius 3 is 1.21 bits per heavy atom. The van der Waals surface area contributed by atoms with Crippen molar-refractivity contribution in [2.45, 2.75) is 31.7 Å². The lowest BCUT2D eigenvalue weighted by atomic mass is 9.88. The van der Waals surface area contributed by atoms with Crippen molar-refractivity contribution in [3.63, 3.8) is 0 Å². The molecule has 0 saturated carbocycles. The smallest absolute Gasteiger partial charge is 0.0895 e.